The van der Waals surface area contributed by atoms with Gasteiger partial charge in [-0.2, -0.15) is 0 Å². The van der Waals surface area contributed by atoms with Crippen LogP contribution in [0.5, 0.6) is 0 Å². The fourth-order valence-electron chi connectivity index (χ4n) is 1.59. The van der Waals surface area contributed by atoms with E-state index < -0.39 is 0 Å². The van der Waals surface area contributed by atoms with Crippen LogP contribution in [0.1, 0.15) is 17.2 Å². The van der Waals surface area contributed by atoms with E-state index in [0.717, 1.165) is 11.1 Å². The van der Waals surface area contributed by atoms with Crippen molar-refractivity contribution in [2.24, 2.45) is 5.73 Å². The van der Waals surface area contributed by atoms with Crippen LogP contribution in [0.3, 0.4) is 0 Å². The van der Waals surface area contributed by atoms with E-state index in [-0.39, 0.29) is 11.9 Å². The second-order valence-electron chi connectivity index (χ2n) is 3.59. The Morgan fingerprint density at radius 3 is 2.25 bits per heavy atom. The molecule has 0 aromatic heterocycles. The number of nitrogens with two attached hydrogens (primary N) is 1. The third kappa shape index (κ3) is 2.40. The summed E-state index contributed by atoms with van der Waals surface area (Å²) in [7, 11) is 0. The highest BCUT2D eigenvalue weighted by Gasteiger charge is 2.09. The molecule has 2 N–H and O–H groups in total. The third-order valence-electron chi connectivity index (χ3n) is 2.42. The Kier molecular flexibility index (Phi) is 3.22. The fourth-order valence-corrected chi connectivity index (χ4v) is 1.79. The van der Waals surface area contributed by atoms with Gasteiger partial charge in [-0.1, -0.05) is 35.9 Å². The largest absolute Gasteiger partial charge is 0.320 e. The molecular formula is C13H11ClFN. The summed E-state index contributed by atoms with van der Waals surface area (Å²) in [4.78, 5) is 0. The Labute approximate surface area is 98.7 Å². The molecule has 3 heteroatoms. The van der Waals surface area contributed by atoms with E-state index in [0.29, 0.717) is 5.02 Å². The van der Waals surface area contributed by atoms with Gasteiger partial charge >= 0.3 is 0 Å². The summed E-state index contributed by atoms with van der Waals surface area (Å²) in [6.07, 6.45) is 0. The van der Waals surface area contributed by atoms with Crippen LogP contribution in [0.15, 0.2) is 48.5 Å². The number of hydrogen-bond acceptors (Lipinski definition) is 1. The standard InChI is InChI=1S/C13H11ClFN/c14-11-5-1-3-9(7-11)13(16)10-4-2-6-12(15)8-10/h1-8,13H,16H2/t13-/m1/s1. The van der Waals surface area contributed by atoms with E-state index in [1.54, 1.807) is 24.3 Å². The number of benzene rings is 2. The molecule has 1 nitrogen and oxygen atoms in total. The molecule has 0 saturated heterocycles. The van der Waals surface area contributed by atoms with Gasteiger partial charge in [0.05, 0.1) is 6.04 Å². The van der Waals surface area contributed by atoms with E-state index in [2.05, 4.69) is 0 Å². The highest BCUT2D eigenvalue weighted by Crippen LogP contribution is 2.22. The van der Waals surface area contributed by atoms with Gasteiger partial charge in [0.2, 0.25) is 0 Å². The molecule has 0 aliphatic heterocycles. The molecule has 2 aromatic rings. The van der Waals surface area contributed by atoms with Crippen molar-refractivity contribution in [1.29, 1.82) is 0 Å². The van der Waals surface area contributed by atoms with Crippen molar-refractivity contribution in [2.45, 2.75) is 6.04 Å². The molecule has 0 heterocycles. The topological polar surface area (TPSA) is 26.0 Å². The molecule has 82 valence electrons. The Bertz CT molecular complexity index is 453. The van der Waals surface area contributed by atoms with E-state index in [9.17, 15) is 4.39 Å². The zero-order chi connectivity index (χ0) is 11.5. The lowest BCUT2D eigenvalue weighted by Gasteiger charge is -2.12. The summed E-state index contributed by atoms with van der Waals surface area (Å²) >= 11 is 5.88. The molecule has 0 fully saturated rings. The molecular weight excluding hydrogens is 225 g/mol. The van der Waals surface area contributed by atoms with Crippen LogP contribution >= 0.6 is 11.6 Å². The smallest absolute Gasteiger partial charge is 0.123 e. The van der Waals surface area contributed by atoms with Crippen molar-refractivity contribution in [3.8, 4) is 0 Å². The number of rotatable bonds is 2. The van der Waals surface area contributed by atoms with Crippen LogP contribution < -0.4 is 5.73 Å². The van der Waals surface area contributed by atoms with E-state index in [1.165, 1.54) is 12.1 Å². The summed E-state index contributed by atoms with van der Waals surface area (Å²) in [5.41, 5.74) is 7.64. The first-order valence-electron chi connectivity index (χ1n) is 4.93. The molecule has 2 aromatic carbocycles. The van der Waals surface area contributed by atoms with Crippen LogP contribution in [-0.4, -0.2) is 0 Å². The van der Waals surface area contributed by atoms with Gasteiger partial charge in [0.1, 0.15) is 5.82 Å². The van der Waals surface area contributed by atoms with Gasteiger partial charge < -0.3 is 5.73 Å². The van der Waals surface area contributed by atoms with E-state index in [1.807, 2.05) is 12.1 Å². The van der Waals surface area contributed by atoms with Crippen LogP contribution in [0.2, 0.25) is 5.02 Å². The number of halogens is 2. The zero-order valence-corrected chi connectivity index (χ0v) is 9.29. The average molecular weight is 236 g/mol. The molecule has 16 heavy (non-hydrogen) atoms. The van der Waals surface area contributed by atoms with Crippen molar-refractivity contribution >= 4 is 11.6 Å². The minimum Gasteiger partial charge on any atom is -0.320 e. The average Bonchev–Trinajstić information content (AvgIpc) is 2.28. The highest BCUT2D eigenvalue weighted by molar-refractivity contribution is 6.30. The van der Waals surface area contributed by atoms with Gasteiger partial charge in [0.25, 0.3) is 0 Å². The third-order valence-corrected chi connectivity index (χ3v) is 2.65. The summed E-state index contributed by atoms with van der Waals surface area (Å²) in [5.74, 6) is -0.282. The quantitative estimate of drug-likeness (QED) is 0.847. The molecule has 0 radical (unpaired) electrons. The lowest BCUT2D eigenvalue weighted by atomic mass is 10.00. The zero-order valence-electron chi connectivity index (χ0n) is 8.53. The van der Waals surface area contributed by atoms with Crippen molar-refractivity contribution < 1.29 is 4.39 Å². The summed E-state index contributed by atoms with van der Waals surface area (Å²) in [6, 6.07) is 13.2. The second-order valence-corrected chi connectivity index (χ2v) is 4.02. The fraction of sp³-hybridized carbons (Fsp3) is 0.0769. The Hall–Kier alpha value is -1.38. The minimum atomic E-state index is -0.352. The Morgan fingerprint density at radius 2 is 1.62 bits per heavy atom. The molecule has 1 atom stereocenters. The Morgan fingerprint density at radius 1 is 1.00 bits per heavy atom. The SMILES string of the molecule is N[C@@H](c1cccc(F)c1)c1cccc(Cl)c1. The minimum absolute atomic E-state index is 0.282. The van der Waals surface area contributed by atoms with Crippen molar-refractivity contribution in [1.82, 2.24) is 0 Å². The first kappa shape index (κ1) is 11.1. The molecule has 0 aliphatic rings. The molecule has 2 rings (SSSR count). The van der Waals surface area contributed by atoms with Crippen molar-refractivity contribution in [2.75, 3.05) is 0 Å². The van der Waals surface area contributed by atoms with Gasteiger partial charge in [-0.25, -0.2) is 4.39 Å². The lowest BCUT2D eigenvalue weighted by Crippen LogP contribution is -2.11. The molecule has 0 aliphatic carbocycles. The van der Waals surface area contributed by atoms with E-state index >= 15 is 0 Å². The summed E-state index contributed by atoms with van der Waals surface area (Å²) < 4.78 is 13.0. The molecule has 0 amide bonds. The maximum Gasteiger partial charge on any atom is 0.123 e. The predicted molar refractivity (Wildman–Crippen MR) is 63.9 cm³/mol. The van der Waals surface area contributed by atoms with E-state index in [4.69, 9.17) is 17.3 Å². The normalized spacial score (nSPS) is 12.4. The predicted octanol–water partition coefficient (Wildman–Crippen LogP) is 3.53. The maximum atomic E-state index is 13.0. The lowest BCUT2D eigenvalue weighted by molar-refractivity contribution is 0.623. The first-order chi connectivity index (χ1) is 7.66. The molecule has 0 bridgehead atoms. The summed E-state index contributed by atoms with van der Waals surface area (Å²) in [6.45, 7) is 0. The monoisotopic (exact) mass is 235 g/mol. The van der Waals surface area contributed by atoms with Crippen LogP contribution in [0.4, 0.5) is 4.39 Å². The van der Waals surface area contributed by atoms with Crippen LogP contribution in [0.25, 0.3) is 0 Å². The van der Waals surface area contributed by atoms with Gasteiger partial charge in [-0.3, -0.25) is 0 Å². The second kappa shape index (κ2) is 4.64. The van der Waals surface area contributed by atoms with Crippen LogP contribution in [-0.2, 0) is 0 Å². The molecule has 0 saturated carbocycles. The maximum absolute atomic E-state index is 13.0. The van der Waals surface area contributed by atoms with Crippen LogP contribution in [0, 0.1) is 5.82 Å². The van der Waals surface area contributed by atoms with Gasteiger partial charge in [-0.05, 0) is 35.4 Å². The van der Waals surface area contributed by atoms with Gasteiger partial charge in [0.15, 0.2) is 0 Å². The molecule has 0 spiro atoms. The highest BCUT2D eigenvalue weighted by atomic mass is 35.5. The first-order valence-corrected chi connectivity index (χ1v) is 5.31. The van der Waals surface area contributed by atoms with Gasteiger partial charge in [-0.15, -0.1) is 0 Å². The summed E-state index contributed by atoms with van der Waals surface area (Å²) in [5, 5.41) is 0.629. The number of hydrogen-bond donors (Lipinski definition) is 1. The van der Waals surface area contributed by atoms with Crippen molar-refractivity contribution in [3.63, 3.8) is 0 Å². The Balaban J connectivity index is 2.35. The van der Waals surface area contributed by atoms with Crippen molar-refractivity contribution in [3.05, 3.63) is 70.5 Å². The molecule has 0 unspecified atom stereocenters. The van der Waals surface area contributed by atoms with Gasteiger partial charge in [0, 0.05) is 5.02 Å².